The lowest BCUT2D eigenvalue weighted by Gasteiger charge is -2.10. The molecule has 3 nitrogen and oxygen atoms in total. The van der Waals surface area contributed by atoms with Crippen molar-refractivity contribution in [3.63, 3.8) is 0 Å². The first-order chi connectivity index (χ1) is 11.7. The first-order valence-electron chi connectivity index (χ1n) is 7.52. The molecule has 0 aromatic heterocycles. The zero-order valence-electron chi connectivity index (χ0n) is 13.2. The summed E-state index contributed by atoms with van der Waals surface area (Å²) in [5.41, 5.74) is 1.79. The molecule has 2 aromatic carbocycles. The van der Waals surface area contributed by atoms with E-state index in [9.17, 15) is 9.18 Å². The third-order valence-electron chi connectivity index (χ3n) is 3.57. The first-order valence-corrected chi connectivity index (χ1v) is 9.62. The minimum absolute atomic E-state index is 0.0109. The number of benzene rings is 2. The van der Waals surface area contributed by atoms with E-state index in [1.54, 1.807) is 18.2 Å². The predicted molar refractivity (Wildman–Crippen MR) is 96.4 cm³/mol. The van der Waals surface area contributed by atoms with E-state index in [1.165, 1.54) is 36.3 Å². The molecule has 0 aliphatic carbocycles. The second-order valence-corrected chi connectivity index (χ2v) is 7.99. The van der Waals surface area contributed by atoms with Crippen molar-refractivity contribution in [3.8, 4) is 11.5 Å². The quantitative estimate of drug-likeness (QED) is 0.578. The van der Waals surface area contributed by atoms with Crippen molar-refractivity contribution in [1.82, 2.24) is 0 Å². The molecule has 3 rings (SSSR count). The van der Waals surface area contributed by atoms with Crippen LogP contribution in [0.5, 0.6) is 11.5 Å². The molecule has 1 aliphatic rings. The molecule has 0 unspecified atom stereocenters. The molecule has 0 saturated carbocycles. The lowest BCUT2D eigenvalue weighted by atomic mass is 10.1. The van der Waals surface area contributed by atoms with E-state index >= 15 is 0 Å². The van der Waals surface area contributed by atoms with Crippen LogP contribution in [-0.4, -0.2) is 24.6 Å². The van der Waals surface area contributed by atoms with Gasteiger partial charge in [-0.25, -0.2) is 4.39 Å². The van der Waals surface area contributed by atoms with Crippen LogP contribution in [0.25, 0.3) is 0 Å². The van der Waals surface area contributed by atoms with E-state index in [0.717, 1.165) is 0 Å². The zero-order valence-corrected chi connectivity index (χ0v) is 14.8. The minimum Gasteiger partial charge on any atom is -0.494 e. The van der Waals surface area contributed by atoms with E-state index in [1.807, 2.05) is 35.7 Å². The van der Waals surface area contributed by atoms with Crippen LogP contribution in [0.3, 0.4) is 0 Å². The van der Waals surface area contributed by atoms with Crippen LogP contribution in [0.4, 0.5) is 4.39 Å². The Hall–Kier alpha value is -1.66. The summed E-state index contributed by atoms with van der Waals surface area (Å²) in [7, 11) is 1.40. The molecule has 0 spiro atoms. The number of esters is 1. The summed E-state index contributed by atoms with van der Waals surface area (Å²) >= 11 is 3.86. The number of carbonyl (C=O) groups excluding carboxylic acids is 1. The second-order valence-electron chi connectivity index (χ2n) is 5.26. The molecular weight excluding hydrogens is 347 g/mol. The van der Waals surface area contributed by atoms with Gasteiger partial charge >= 0.3 is 5.97 Å². The van der Waals surface area contributed by atoms with Crippen LogP contribution >= 0.6 is 23.5 Å². The molecule has 126 valence electrons. The molecule has 1 fully saturated rings. The summed E-state index contributed by atoms with van der Waals surface area (Å²) in [4.78, 5) is 12.0. The highest BCUT2D eigenvalue weighted by atomic mass is 32.2. The summed E-state index contributed by atoms with van der Waals surface area (Å²) in [6.07, 6.45) is 0.0109. The van der Waals surface area contributed by atoms with Crippen molar-refractivity contribution in [2.24, 2.45) is 0 Å². The summed E-state index contributed by atoms with van der Waals surface area (Å²) in [6.45, 7) is 0. The van der Waals surface area contributed by atoms with Gasteiger partial charge in [-0.05, 0) is 35.4 Å². The van der Waals surface area contributed by atoms with Crippen molar-refractivity contribution in [2.45, 2.75) is 11.0 Å². The first kappa shape index (κ1) is 17.2. The van der Waals surface area contributed by atoms with E-state index < -0.39 is 11.8 Å². The largest absolute Gasteiger partial charge is 0.494 e. The molecule has 24 heavy (non-hydrogen) atoms. The maximum atomic E-state index is 13.6. The molecule has 0 radical (unpaired) electrons. The number of hydrogen-bond acceptors (Lipinski definition) is 5. The van der Waals surface area contributed by atoms with Crippen LogP contribution in [-0.2, 0) is 11.2 Å². The Morgan fingerprint density at radius 1 is 1.17 bits per heavy atom. The average molecular weight is 364 g/mol. The molecule has 0 amide bonds. The van der Waals surface area contributed by atoms with Crippen LogP contribution in [0, 0.1) is 5.82 Å². The fourth-order valence-corrected chi connectivity index (χ4v) is 5.26. The third-order valence-corrected chi connectivity index (χ3v) is 6.67. The van der Waals surface area contributed by atoms with Crippen molar-refractivity contribution >= 4 is 29.5 Å². The van der Waals surface area contributed by atoms with Gasteiger partial charge < -0.3 is 9.47 Å². The Balaban J connectivity index is 1.59. The Bertz CT molecular complexity index is 713. The standard InChI is InChI=1S/C18H17FO3S2/c1-21-16-7-2-12(10-15(16)19)11-17(20)22-14-5-3-13(4-6-14)18-23-8-9-24-18/h2-7,10,18H,8-9,11H2,1H3. The van der Waals surface area contributed by atoms with Crippen molar-refractivity contribution in [1.29, 1.82) is 0 Å². The molecule has 6 heteroatoms. The molecule has 0 bridgehead atoms. The van der Waals surface area contributed by atoms with Crippen LogP contribution in [0.1, 0.15) is 15.7 Å². The second kappa shape index (κ2) is 7.94. The Morgan fingerprint density at radius 3 is 2.50 bits per heavy atom. The number of ether oxygens (including phenoxy) is 2. The van der Waals surface area contributed by atoms with Crippen molar-refractivity contribution < 1.29 is 18.7 Å². The highest BCUT2D eigenvalue weighted by Crippen LogP contribution is 2.45. The smallest absolute Gasteiger partial charge is 0.315 e. The Kier molecular flexibility index (Phi) is 5.68. The highest BCUT2D eigenvalue weighted by Gasteiger charge is 2.18. The van der Waals surface area contributed by atoms with E-state index in [4.69, 9.17) is 9.47 Å². The van der Waals surface area contributed by atoms with Crippen LogP contribution in [0.15, 0.2) is 42.5 Å². The Labute approximate surface area is 148 Å². The summed E-state index contributed by atoms with van der Waals surface area (Å²) in [6, 6.07) is 12.0. The van der Waals surface area contributed by atoms with Gasteiger partial charge in [0.25, 0.3) is 0 Å². The highest BCUT2D eigenvalue weighted by molar-refractivity contribution is 8.19. The summed E-state index contributed by atoms with van der Waals surface area (Å²) in [5, 5.41) is 0. The van der Waals surface area contributed by atoms with Gasteiger partial charge in [0.15, 0.2) is 11.6 Å². The monoisotopic (exact) mass is 364 g/mol. The van der Waals surface area contributed by atoms with Gasteiger partial charge in [-0.15, -0.1) is 23.5 Å². The molecule has 0 atom stereocenters. The van der Waals surface area contributed by atoms with Crippen LogP contribution < -0.4 is 9.47 Å². The molecule has 0 N–H and O–H groups in total. The SMILES string of the molecule is COc1ccc(CC(=O)Oc2ccc(C3SCCS3)cc2)cc1F. The maximum absolute atomic E-state index is 13.6. The predicted octanol–water partition coefficient (Wildman–Crippen LogP) is 4.46. The van der Waals surface area contributed by atoms with Gasteiger partial charge in [0.1, 0.15) is 5.75 Å². The maximum Gasteiger partial charge on any atom is 0.315 e. The Morgan fingerprint density at radius 2 is 1.88 bits per heavy atom. The lowest BCUT2D eigenvalue weighted by molar-refractivity contribution is -0.133. The summed E-state index contributed by atoms with van der Waals surface area (Å²) in [5.74, 6) is 2.10. The van der Waals surface area contributed by atoms with Gasteiger partial charge in [0, 0.05) is 11.5 Å². The number of rotatable bonds is 5. The molecule has 2 aromatic rings. The minimum atomic E-state index is -0.487. The number of methoxy groups -OCH3 is 1. The van der Waals surface area contributed by atoms with E-state index in [0.29, 0.717) is 15.9 Å². The van der Waals surface area contributed by atoms with Gasteiger partial charge in [-0.2, -0.15) is 0 Å². The topological polar surface area (TPSA) is 35.5 Å². The van der Waals surface area contributed by atoms with Gasteiger partial charge in [0.05, 0.1) is 18.1 Å². The third kappa shape index (κ3) is 4.24. The van der Waals surface area contributed by atoms with Gasteiger partial charge in [0.2, 0.25) is 0 Å². The normalized spacial score (nSPS) is 14.6. The van der Waals surface area contributed by atoms with Crippen molar-refractivity contribution in [3.05, 3.63) is 59.4 Å². The fraction of sp³-hybridized carbons (Fsp3) is 0.278. The molecule has 1 heterocycles. The molecule has 1 aliphatic heterocycles. The number of carbonyl (C=O) groups is 1. The molecule has 1 saturated heterocycles. The number of hydrogen-bond donors (Lipinski definition) is 0. The fourth-order valence-electron chi connectivity index (χ4n) is 2.40. The summed E-state index contributed by atoms with van der Waals surface area (Å²) < 4.78 is 24.3. The molecular formula is C18H17FO3S2. The van der Waals surface area contributed by atoms with E-state index in [-0.39, 0.29) is 12.2 Å². The number of halogens is 1. The average Bonchev–Trinajstić information content (AvgIpc) is 3.10. The van der Waals surface area contributed by atoms with E-state index in [2.05, 4.69) is 0 Å². The van der Waals surface area contributed by atoms with Gasteiger partial charge in [-0.1, -0.05) is 18.2 Å². The van der Waals surface area contributed by atoms with Crippen molar-refractivity contribution in [2.75, 3.05) is 18.6 Å². The van der Waals surface area contributed by atoms with Crippen LogP contribution in [0.2, 0.25) is 0 Å². The lowest BCUT2D eigenvalue weighted by Crippen LogP contribution is -2.11. The number of thioether (sulfide) groups is 2. The van der Waals surface area contributed by atoms with Gasteiger partial charge in [-0.3, -0.25) is 4.79 Å². The zero-order chi connectivity index (χ0) is 16.9.